The number of hydrogen-bond acceptors (Lipinski definition) is 7. The molecule has 1 aliphatic rings. The minimum atomic E-state index is -4.78. The number of fused-ring (bicyclic) bond motifs is 1. The minimum absolute atomic E-state index is 0.00625. The van der Waals surface area contributed by atoms with E-state index in [0.29, 0.717) is 16.8 Å². The van der Waals surface area contributed by atoms with Gasteiger partial charge in [-0.3, -0.25) is 4.79 Å². The number of pyridine rings is 1. The van der Waals surface area contributed by atoms with Gasteiger partial charge in [-0.1, -0.05) is 6.92 Å². The number of aliphatic hydroxyl groups is 2. The van der Waals surface area contributed by atoms with Crippen LogP contribution in [-0.2, 0) is 5.41 Å². The van der Waals surface area contributed by atoms with E-state index in [-0.39, 0.29) is 54.8 Å². The molecule has 1 aliphatic heterocycles. The zero-order valence-corrected chi connectivity index (χ0v) is 21.8. The number of ether oxygens (including phenoxy) is 2. The highest BCUT2D eigenvalue weighted by Gasteiger charge is 2.44. The molecule has 0 spiro atoms. The van der Waals surface area contributed by atoms with Gasteiger partial charge in [0.2, 0.25) is 0 Å². The number of amides is 1. The molecule has 2 atom stereocenters. The van der Waals surface area contributed by atoms with Crippen LogP contribution in [0.1, 0.15) is 34.5 Å². The Balaban J connectivity index is 1.68. The van der Waals surface area contributed by atoms with Crippen LogP contribution in [0.2, 0.25) is 0 Å². The zero-order valence-electron chi connectivity index (χ0n) is 21.8. The molecule has 8 nitrogen and oxygen atoms in total. The highest BCUT2D eigenvalue weighted by molar-refractivity contribution is 5.95. The Hall–Kier alpha value is -3.90. The monoisotopic (exact) mass is 563 g/mol. The van der Waals surface area contributed by atoms with Crippen LogP contribution in [-0.4, -0.2) is 67.3 Å². The number of methoxy groups -OCH3 is 1. The van der Waals surface area contributed by atoms with Crippen molar-refractivity contribution in [1.29, 1.82) is 0 Å². The second-order valence-corrected chi connectivity index (χ2v) is 9.64. The molecule has 12 heteroatoms. The molecule has 40 heavy (non-hydrogen) atoms. The van der Waals surface area contributed by atoms with Gasteiger partial charge in [-0.2, -0.15) is 13.2 Å². The summed E-state index contributed by atoms with van der Waals surface area (Å²) in [5, 5.41) is 24.5. The predicted molar refractivity (Wildman–Crippen MR) is 139 cm³/mol. The number of carbonyl (C=O) groups excluding carboxylic acids is 1. The fourth-order valence-corrected chi connectivity index (χ4v) is 4.50. The molecule has 0 fully saturated rings. The largest absolute Gasteiger partial charge is 0.493 e. The molecule has 1 unspecified atom stereocenters. The van der Waals surface area contributed by atoms with Gasteiger partial charge in [-0.15, -0.1) is 0 Å². The molecule has 0 saturated heterocycles. The summed E-state index contributed by atoms with van der Waals surface area (Å²) in [6, 6.07) is 10.6. The number of rotatable bonds is 10. The van der Waals surface area contributed by atoms with E-state index >= 15 is 0 Å². The maximum atomic E-state index is 14.4. The first kappa shape index (κ1) is 29.1. The van der Waals surface area contributed by atoms with Crippen LogP contribution in [0, 0.1) is 5.82 Å². The molecule has 0 aliphatic carbocycles. The van der Waals surface area contributed by atoms with Crippen LogP contribution in [0.25, 0.3) is 11.3 Å². The van der Waals surface area contributed by atoms with E-state index < -0.39 is 35.8 Å². The molecule has 1 aromatic heterocycles. The standard InChI is InChI=1S/C28H29F4N3O5/c1-27(15-37)14-34-25-19(27)12-21(35-24(25)16-3-6-18(29)7-4-16)20(28(30,31)32)13-33-26(38)17-5-8-22(40-10-9-36)23(11-17)39-2/h3-8,11-12,20,34,36-37H,9-10,13-15H2,1-2H3,(H,33,38)/t20?,27-/m1/s1. The Morgan fingerprint density at radius 3 is 2.50 bits per heavy atom. The summed E-state index contributed by atoms with van der Waals surface area (Å²) < 4.78 is 67.3. The first-order valence-corrected chi connectivity index (χ1v) is 12.4. The average molecular weight is 564 g/mol. The van der Waals surface area contributed by atoms with Crippen molar-refractivity contribution in [2.45, 2.75) is 24.4 Å². The van der Waals surface area contributed by atoms with Gasteiger partial charge in [0.25, 0.3) is 5.91 Å². The molecule has 0 radical (unpaired) electrons. The highest BCUT2D eigenvalue weighted by atomic mass is 19.4. The molecule has 4 rings (SSSR count). The lowest BCUT2D eigenvalue weighted by Gasteiger charge is -2.25. The number of carbonyl (C=O) groups is 1. The number of hydrogen-bond donors (Lipinski definition) is 4. The highest BCUT2D eigenvalue weighted by Crippen LogP contribution is 2.45. The third-order valence-corrected chi connectivity index (χ3v) is 6.81. The zero-order chi connectivity index (χ0) is 29.1. The molecule has 0 bridgehead atoms. The lowest BCUT2D eigenvalue weighted by Crippen LogP contribution is -2.36. The van der Waals surface area contributed by atoms with E-state index in [9.17, 15) is 27.5 Å². The maximum absolute atomic E-state index is 14.4. The van der Waals surface area contributed by atoms with E-state index in [4.69, 9.17) is 14.6 Å². The molecule has 3 aromatic rings. The van der Waals surface area contributed by atoms with Crippen molar-refractivity contribution in [3.63, 3.8) is 0 Å². The van der Waals surface area contributed by atoms with Crippen LogP contribution in [0.3, 0.4) is 0 Å². The number of benzene rings is 2. The van der Waals surface area contributed by atoms with Crippen molar-refractivity contribution in [2.75, 3.05) is 45.3 Å². The number of alkyl halides is 3. The van der Waals surface area contributed by atoms with Gasteiger partial charge < -0.3 is 30.3 Å². The van der Waals surface area contributed by atoms with Crippen molar-refractivity contribution in [3.8, 4) is 22.8 Å². The van der Waals surface area contributed by atoms with Crippen molar-refractivity contribution in [2.24, 2.45) is 0 Å². The van der Waals surface area contributed by atoms with E-state index in [1.807, 2.05) is 0 Å². The summed E-state index contributed by atoms with van der Waals surface area (Å²) in [4.78, 5) is 17.2. The second-order valence-electron chi connectivity index (χ2n) is 9.64. The van der Waals surface area contributed by atoms with Crippen LogP contribution >= 0.6 is 0 Å². The fraction of sp³-hybridized carbons (Fsp3) is 0.357. The molecular weight excluding hydrogens is 534 g/mol. The molecule has 0 saturated carbocycles. The third-order valence-electron chi connectivity index (χ3n) is 6.81. The van der Waals surface area contributed by atoms with Crippen molar-refractivity contribution in [3.05, 3.63) is 71.2 Å². The van der Waals surface area contributed by atoms with Crippen LogP contribution < -0.4 is 20.1 Å². The maximum Gasteiger partial charge on any atom is 0.398 e. The van der Waals surface area contributed by atoms with E-state index in [1.165, 1.54) is 55.6 Å². The first-order valence-electron chi connectivity index (χ1n) is 12.4. The fourth-order valence-electron chi connectivity index (χ4n) is 4.50. The van der Waals surface area contributed by atoms with Crippen LogP contribution in [0.5, 0.6) is 11.5 Å². The predicted octanol–water partition coefficient (Wildman–Crippen LogP) is 4.02. The SMILES string of the molecule is COc1cc(C(=O)NCC(c2cc3c(c(-c4ccc(F)cc4)n2)NC[C@]3(C)CO)C(F)(F)F)ccc1OCCO. The number of nitrogens with zero attached hydrogens (tertiary/aromatic N) is 1. The first-order chi connectivity index (χ1) is 19.0. The van der Waals surface area contributed by atoms with Gasteiger partial charge >= 0.3 is 6.18 Å². The van der Waals surface area contributed by atoms with Gasteiger partial charge in [0.15, 0.2) is 11.5 Å². The molecule has 214 valence electrons. The van der Waals surface area contributed by atoms with Crippen molar-refractivity contribution in [1.82, 2.24) is 10.3 Å². The van der Waals surface area contributed by atoms with Crippen LogP contribution in [0.15, 0.2) is 48.5 Å². The van der Waals surface area contributed by atoms with E-state index in [1.54, 1.807) is 6.92 Å². The summed E-state index contributed by atoms with van der Waals surface area (Å²) in [5.74, 6) is -3.03. The van der Waals surface area contributed by atoms with Gasteiger partial charge in [-0.05, 0) is 54.1 Å². The topological polar surface area (TPSA) is 113 Å². The number of halogens is 4. The lowest BCUT2D eigenvalue weighted by atomic mass is 9.83. The average Bonchev–Trinajstić information content (AvgIpc) is 3.28. The summed E-state index contributed by atoms with van der Waals surface area (Å²) in [6.07, 6.45) is -4.78. The Bertz CT molecular complexity index is 1370. The van der Waals surface area contributed by atoms with Gasteiger partial charge in [-0.25, -0.2) is 9.37 Å². The van der Waals surface area contributed by atoms with Gasteiger partial charge in [0.05, 0.1) is 37.4 Å². The molecule has 1 amide bonds. The third kappa shape index (κ3) is 5.97. The van der Waals surface area contributed by atoms with Crippen molar-refractivity contribution >= 4 is 11.6 Å². The summed E-state index contributed by atoms with van der Waals surface area (Å²) in [5.41, 5.74) is 0.316. The van der Waals surface area contributed by atoms with Crippen LogP contribution in [0.4, 0.5) is 23.2 Å². The molecule has 4 N–H and O–H groups in total. The number of aromatic nitrogens is 1. The molecule has 2 heterocycles. The summed E-state index contributed by atoms with van der Waals surface area (Å²) in [6.45, 7) is 0.601. The lowest BCUT2D eigenvalue weighted by molar-refractivity contribution is -0.149. The summed E-state index contributed by atoms with van der Waals surface area (Å²) >= 11 is 0. The van der Waals surface area contributed by atoms with Gasteiger partial charge in [0, 0.05) is 29.6 Å². The smallest absolute Gasteiger partial charge is 0.398 e. The van der Waals surface area contributed by atoms with Crippen molar-refractivity contribution < 1.29 is 42.0 Å². The normalized spacial score (nSPS) is 17.1. The number of anilines is 1. The number of aliphatic hydroxyl groups excluding tert-OH is 2. The Labute approximate surface area is 228 Å². The molecule has 2 aromatic carbocycles. The summed E-state index contributed by atoms with van der Waals surface area (Å²) in [7, 11) is 1.34. The van der Waals surface area contributed by atoms with E-state index in [2.05, 4.69) is 15.6 Å². The number of nitrogens with one attached hydrogen (secondary N) is 2. The Morgan fingerprint density at radius 2 is 1.88 bits per heavy atom. The minimum Gasteiger partial charge on any atom is -0.493 e. The molecular formula is C28H29F4N3O5. The van der Waals surface area contributed by atoms with E-state index in [0.717, 1.165) is 0 Å². The quantitative estimate of drug-likeness (QED) is 0.276. The Kier molecular flexibility index (Phi) is 8.50. The Morgan fingerprint density at radius 1 is 1.15 bits per heavy atom. The second kappa shape index (κ2) is 11.7. The van der Waals surface area contributed by atoms with Gasteiger partial charge in [0.1, 0.15) is 18.3 Å².